The number of hydrogen-bond donors (Lipinski definition) is 2. The molecule has 0 amide bonds. The van der Waals surface area contributed by atoms with Crippen molar-refractivity contribution in [2.45, 2.75) is 31.9 Å². The standard InChI is InChI=1S/C17H19ClN2O3S2/c1-9(12-4-3-7-23-12)19-17(24)20-10-5-6-11-13(8-10)25-15(14(11)18)16(21)22-2/h5-6,8-9,12H,3-4,7H2,1-2H3,(H2,19,20,24)/t9-,12+/m0/s1. The Morgan fingerprint density at radius 2 is 2.32 bits per heavy atom. The van der Waals surface area contributed by atoms with Gasteiger partial charge in [0.15, 0.2) is 5.11 Å². The van der Waals surface area contributed by atoms with Crippen LogP contribution in [-0.2, 0) is 9.47 Å². The van der Waals surface area contributed by atoms with E-state index in [9.17, 15) is 4.79 Å². The molecule has 25 heavy (non-hydrogen) atoms. The Balaban J connectivity index is 1.71. The van der Waals surface area contributed by atoms with E-state index in [1.807, 2.05) is 18.2 Å². The van der Waals surface area contributed by atoms with E-state index >= 15 is 0 Å². The van der Waals surface area contributed by atoms with Crippen molar-refractivity contribution in [1.29, 1.82) is 0 Å². The number of benzene rings is 1. The highest BCUT2D eigenvalue weighted by molar-refractivity contribution is 7.80. The first-order valence-corrected chi connectivity index (χ1v) is 9.59. The highest BCUT2D eigenvalue weighted by Crippen LogP contribution is 2.37. The molecule has 1 aromatic heterocycles. The third kappa shape index (κ3) is 4.06. The van der Waals surface area contributed by atoms with Gasteiger partial charge in [-0.15, -0.1) is 11.3 Å². The lowest BCUT2D eigenvalue weighted by Gasteiger charge is -2.22. The van der Waals surface area contributed by atoms with E-state index in [-0.39, 0.29) is 12.1 Å². The van der Waals surface area contributed by atoms with Crippen LogP contribution in [0.15, 0.2) is 18.2 Å². The lowest BCUT2D eigenvalue weighted by Crippen LogP contribution is -2.42. The molecule has 134 valence electrons. The number of halogens is 1. The van der Waals surface area contributed by atoms with E-state index in [0.717, 1.165) is 35.2 Å². The van der Waals surface area contributed by atoms with Crippen molar-refractivity contribution >= 4 is 62.0 Å². The van der Waals surface area contributed by atoms with Gasteiger partial charge in [0.1, 0.15) is 4.88 Å². The molecule has 0 unspecified atom stereocenters. The molecular formula is C17H19ClN2O3S2. The number of fused-ring (bicyclic) bond motifs is 1. The number of carbonyl (C=O) groups is 1. The van der Waals surface area contributed by atoms with Crippen molar-refractivity contribution in [3.05, 3.63) is 28.1 Å². The number of anilines is 1. The maximum Gasteiger partial charge on any atom is 0.349 e. The quantitative estimate of drug-likeness (QED) is 0.594. The van der Waals surface area contributed by atoms with E-state index in [1.54, 1.807) is 0 Å². The molecule has 1 aliphatic heterocycles. The molecule has 2 N–H and O–H groups in total. The lowest BCUT2D eigenvalue weighted by atomic mass is 10.1. The van der Waals surface area contributed by atoms with E-state index < -0.39 is 5.97 Å². The first kappa shape index (κ1) is 18.4. The van der Waals surface area contributed by atoms with Gasteiger partial charge in [-0.3, -0.25) is 0 Å². The molecule has 0 spiro atoms. The van der Waals surface area contributed by atoms with Crippen molar-refractivity contribution in [2.75, 3.05) is 19.0 Å². The Bertz CT molecular complexity index is 803. The molecule has 1 saturated heterocycles. The van der Waals surface area contributed by atoms with Crippen molar-refractivity contribution < 1.29 is 14.3 Å². The Kier molecular flexibility index (Phi) is 5.78. The number of hydrogen-bond acceptors (Lipinski definition) is 5. The van der Waals surface area contributed by atoms with E-state index in [4.69, 9.17) is 33.3 Å². The van der Waals surface area contributed by atoms with Gasteiger partial charge in [0.2, 0.25) is 0 Å². The van der Waals surface area contributed by atoms with Crippen LogP contribution < -0.4 is 10.6 Å². The highest BCUT2D eigenvalue weighted by Gasteiger charge is 2.23. The Morgan fingerprint density at radius 3 is 3.00 bits per heavy atom. The Morgan fingerprint density at radius 1 is 1.52 bits per heavy atom. The van der Waals surface area contributed by atoms with Gasteiger partial charge in [0, 0.05) is 22.4 Å². The second-order valence-electron chi connectivity index (χ2n) is 5.89. The minimum Gasteiger partial charge on any atom is -0.465 e. The first-order chi connectivity index (χ1) is 12.0. The summed E-state index contributed by atoms with van der Waals surface area (Å²) in [5.41, 5.74) is 0.832. The van der Waals surface area contributed by atoms with Gasteiger partial charge < -0.3 is 20.1 Å². The Hall–Kier alpha value is -1.41. The average molecular weight is 399 g/mol. The molecule has 1 aliphatic rings. The summed E-state index contributed by atoms with van der Waals surface area (Å²) in [5, 5.41) is 8.22. The van der Waals surface area contributed by atoms with E-state index in [1.165, 1.54) is 18.4 Å². The number of methoxy groups -OCH3 is 1. The van der Waals surface area contributed by atoms with Crippen LogP contribution in [0.5, 0.6) is 0 Å². The third-order valence-electron chi connectivity index (χ3n) is 4.14. The summed E-state index contributed by atoms with van der Waals surface area (Å²) in [6.45, 7) is 2.88. The zero-order chi connectivity index (χ0) is 18.0. The maximum atomic E-state index is 11.8. The number of thiocarbonyl (C=S) groups is 1. The SMILES string of the molecule is COC(=O)c1sc2cc(NC(=S)N[C@@H](C)[C@H]3CCCO3)ccc2c1Cl. The number of nitrogens with one attached hydrogen (secondary N) is 2. The first-order valence-electron chi connectivity index (χ1n) is 7.99. The largest absolute Gasteiger partial charge is 0.465 e. The molecule has 1 fully saturated rings. The lowest BCUT2D eigenvalue weighted by molar-refractivity contribution is 0.0606. The fourth-order valence-electron chi connectivity index (χ4n) is 2.83. The van der Waals surface area contributed by atoms with Crippen LogP contribution >= 0.6 is 35.2 Å². The summed E-state index contributed by atoms with van der Waals surface area (Å²) in [4.78, 5) is 12.2. The summed E-state index contributed by atoms with van der Waals surface area (Å²) >= 11 is 13.0. The van der Waals surface area contributed by atoms with Crippen LogP contribution in [0.3, 0.4) is 0 Å². The number of thiophene rings is 1. The number of carbonyl (C=O) groups excluding carboxylic acids is 1. The molecule has 3 rings (SSSR count). The monoisotopic (exact) mass is 398 g/mol. The van der Waals surface area contributed by atoms with Gasteiger partial charge in [-0.05, 0) is 50.2 Å². The topological polar surface area (TPSA) is 59.6 Å². The maximum absolute atomic E-state index is 11.8. The minimum atomic E-state index is -0.428. The average Bonchev–Trinajstić information content (AvgIpc) is 3.22. The molecule has 1 aromatic carbocycles. The molecule has 5 nitrogen and oxygen atoms in total. The number of ether oxygens (including phenoxy) is 2. The van der Waals surface area contributed by atoms with Gasteiger partial charge in [0.25, 0.3) is 0 Å². The molecule has 0 saturated carbocycles. The molecule has 0 bridgehead atoms. The van der Waals surface area contributed by atoms with Crippen LogP contribution in [0.2, 0.25) is 5.02 Å². The zero-order valence-corrected chi connectivity index (χ0v) is 16.3. The van der Waals surface area contributed by atoms with Gasteiger partial charge >= 0.3 is 5.97 Å². The molecule has 2 aromatic rings. The third-order valence-corrected chi connectivity index (χ3v) is 6.00. The smallest absolute Gasteiger partial charge is 0.349 e. The normalized spacial score (nSPS) is 18.1. The fraction of sp³-hybridized carbons (Fsp3) is 0.412. The van der Waals surface area contributed by atoms with Gasteiger partial charge in [-0.25, -0.2) is 4.79 Å². The van der Waals surface area contributed by atoms with Crippen molar-refractivity contribution in [2.24, 2.45) is 0 Å². The number of rotatable bonds is 4. The number of esters is 1. The predicted octanol–water partition coefficient (Wildman–Crippen LogP) is 4.20. The zero-order valence-electron chi connectivity index (χ0n) is 13.9. The molecule has 2 atom stereocenters. The minimum absolute atomic E-state index is 0.147. The fourth-order valence-corrected chi connectivity index (χ4v) is 4.60. The predicted molar refractivity (Wildman–Crippen MR) is 106 cm³/mol. The van der Waals surface area contributed by atoms with Crippen LogP contribution in [0, 0.1) is 0 Å². The van der Waals surface area contributed by atoms with Crippen molar-refractivity contribution in [3.63, 3.8) is 0 Å². The second-order valence-corrected chi connectivity index (χ2v) is 7.72. The molecule has 2 heterocycles. The molecule has 0 aliphatic carbocycles. The summed E-state index contributed by atoms with van der Waals surface area (Å²) < 4.78 is 11.3. The van der Waals surface area contributed by atoms with Crippen LogP contribution in [-0.4, -0.2) is 36.9 Å². The van der Waals surface area contributed by atoms with Crippen molar-refractivity contribution in [3.8, 4) is 0 Å². The van der Waals surface area contributed by atoms with E-state index in [0.29, 0.717) is 15.0 Å². The Labute approximate surface area is 160 Å². The summed E-state index contributed by atoms with van der Waals surface area (Å²) in [6, 6.07) is 5.82. The summed E-state index contributed by atoms with van der Waals surface area (Å²) in [7, 11) is 1.34. The van der Waals surface area contributed by atoms with Crippen LogP contribution in [0.25, 0.3) is 10.1 Å². The van der Waals surface area contributed by atoms with Crippen molar-refractivity contribution in [1.82, 2.24) is 5.32 Å². The van der Waals surface area contributed by atoms with E-state index in [2.05, 4.69) is 17.6 Å². The van der Waals surface area contributed by atoms with Gasteiger partial charge in [-0.1, -0.05) is 11.6 Å². The van der Waals surface area contributed by atoms with Crippen LogP contribution in [0.1, 0.15) is 29.4 Å². The van der Waals surface area contributed by atoms with Gasteiger partial charge in [-0.2, -0.15) is 0 Å². The van der Waals surface area contributed by atoms with Crippen LogP contribution in [0.4, 0.5) is 5.69 Å². The molecule has 0 radical (unpaired) electrons. The highest BCUT2D eigenvalue weighted by atomic mass is 35.5. The molecule has 8 heteroatoms. The van der Waals surface area contributed by atoms with Gasteiger partial charge in [0.05, 0.1) is 24.3 Å². The summed E-state index contributed by atoms with van der Waals surface area (Å²) in [6.07, 6.45) is 2.34. The second kappa shape index (κ2) is 7.86. The molecular weight excluding hydrogens is 380 g/mol. The summed E-state index contributed by atoms with van der Waals surface area (Å²) in [5.74, 6) is -0.428.